The summed E-state index contributed by atoms with van der Waals surface area (Å²) in [5.41, 5.74) is 9.75. The number of carbonyl (C=O) groups excluding carboxylic acids is 1. The van der Waals surface area contributed by atoms with Crippen LogP contribution in [-0.4, -0.2) is 22.4 Å². The Balaban J connectivity index is 1.96. The number of nitrogen functional groups attached to an aromatic ring is 1. The molecule has 2 heterocycles. The third kappa shape index (κ3) is 2.22. The average Bonchev–Trinajstić information content (AvgIpc) is 2.46. The van der Waals surface area contributed by atoms with Gasteiger partial charge in [0.2, 0.25) is 0 Å². The predicted octanol–water partition coefficient (Wildman–Crippen LogP) is 1.96. The molecule has 0 bridgehead atoms. The summed E-state index contributed by atoms with van der Waals surface area (Å²) in [5, 5.41) is 0. The molecule has 0 spiro atoms. The summed E-state index contributed by atoms with van der Waals surface area (Å²) in [6.07, 6.45) is 5.02. The maximum absolute atomic E-state index is 12.6. The van der Waals surface area contributed by atoms with Crippen molar-refractivity contribution in [3.05, 3.63) is 47.5 Å². The molecule has 1 aromatic heterocycles. The number of aryl methyl sites for hydroxylation is 2. The molecule has 20 heavy (non-hydrogen) atoms. The van der Waals surface area contributed by atoms with Gasteiger partial charge in [-0.1, -0.05) is 0 Å². The number of fused-ring (bicyclic) bond motifs is 1. The number of nitrogens with two attached hydrogens (primary N) is 1. The highest BCUT2D eigenvalue weighted by atomic mass is 16.2. The van der Waals surface area contributed by atoms with Crippen molar-refractivity contribution < 1.29 is 4.79 Å². The monoisotopic (exact) mass is 268 g/mol. The molecule has 0 saturated carbocycles. The quantitative estimate of drug-likeness (QED) is 0.802. The fourth-order valence-electron chi connectivity index (χ4n) is 2.47. The van der Waals surface area contributed by atoms with Crippen molar-refractivity contribution in [2.45, 2.75) is 19.8 Å². The van der Waals surface area contributed by atoms with Crippen molar-refractivity contribution in [1.29, 1.82) is 0 Å². The van der Waals surface area contributed by atoms with E-state index in [0.29, 0.717) is 12.2 Å². The summed E-state index contributed by atoms with van der Waals surface area (Å²) >= 11 is 0. The number of hydrogen-bond donors (Lipinski definition) is 1. The van der Waals surface area contributed by atoms with Gasteiger partial charge in [0.1, 0.15) is 5.69 Å². The minimum atomic E-state index is -0.108. The minimum absolute atomic E-state index is 0.108. The largest absolute Gasteiger partial charge is 0.399 e. The Morgan fingerprint density at radius 3 is 2.90 bits per heavy atom. The van der Waals surface area contributed by atoms with Crippen molar-refractivity contribution in [3.8, 4) is 0 Å². The van der Waals surface area contributed by atoms with Crippen LogP contribution in [-0.2, 0) is 6.42 Å². The van der Waals surface area contributed by atoms with Crippen molar-refractivity contribution in [3.63, 3.8) is 0 Å². The standard InChI is InChI=1S/C15H16N4O/c1-10-8-18-13(9-17-10)15(20)19-6-2-3-11-7-12(16)4-5-14(11)19/h4-5,7-9H,2-3,6,16H2,1H3. The zero-order valence-corrected chi connectivity index (χ0v) is 11.3. The van der Waals surface area contributed by atoms with Crippen LogP contribution >= 0.6 is 0 Å². The molecule has 5 heteroatoms. The molecule has 1 aromatic carbocycles. The number of benzene rings is 1. The van der Waals surface area contributed by atoms with Crippen molar-refractivity contribution >= 4 is 17.3 Å². The molecule has 2 aromatic rings. The van der Waals surface area contributed by atoms with E-state index in [2.05, 4.69) is 9.97 Å². The van der Waals surface area contributed by atoms with Gasteiger partial charge >= 0.3 is 0 Å². The lowest BCUT2D eigenvalue weighted by Crippen LogP contribution is -2.36. The number of nitrogens with zero attached hydrogens (tertiary/aromatic N) is 3. The Morgan fingerprint density at radius 2 is 2.15 bits per heavy atom. The number of carbonyl (C=O) groups is 1. The van der Waals surface area contributed by atoms with E-state index in [1.54, 1.807) is 11.1 Å². The maximum atomic E-state index is 12.6. The van der Waals surface area contributed by atoms with Crippen molar-refractivity contribution in [2.75, 3.05) is 17.2 Å². The van der Waals surface area contributed by atoms with Crippen LogP contribution in [0, 0.1) is 6.92 Å². The average molecular weight is 268 g/mol. The van der Waals surface area contributed by atoms with Gasteiger partial charge in [0.15, 0.2) is 0 Å². The Labute approximate surface area is 117 Å². The van der Waals surface area contributed by atoms with E-state index in [9.17, 15) is 4.79 Å². The summed E-state index contributed by atoms with van der Waals surface area (Å²) in [5.74, 6) is -0.108. The molecule has 0 atom stereocenters. The molecule has 0 radical (unpaired) electrons. The molecule has 2 N–H and O–H groups in total. The van der Waals surface area contributed by atoms with Crippen LogP contribution in [0.25, 0.3) is 0 Å². The van der Waals surface area contributed by atoms with Gasteiger partial charge in [-0.15, -0.1) is 0 Å². The Bertz CT molecular complexity index is 651. The lowest BCUT2D eigenvalue weighted by molar-refractivity contribution is 0.0980. The molecule has 1 aliphatic heterocycles. The third-order valence-corrected chi connectivity index (χ3v) is 3.47. The van der Waals surface area contributed by atoms with Crippen molar-refractivity contribution in [2.24, 2.45) is 0 Å². The van der Waals surface area contributed by atoms with Gasteiger partial charge in [-0.05, 0) is 43.5 Å². The summed E-state index contributed by atoms with van der Waals surface area (Å²) in [6, 6.07) is 5.67. The number of aromatic nitrogens is 2. The van der Waals surface area contributed by atoms with Gasteiger partial charge in [-0.3, -0.25) is 9.78 Å². The molecular formula is C15H16N4O. The zero-order chi connectivity index (χ0) is 14.1. The first kappa shape index (κ1) is 12.6. The molecule has 5 nitrogen and oxygen atoms in total. The third-order valence-electron chi connectivity index (χ3n) is 3.47. The van der Waals surface area contributed by atoms with Crippen LogP contribution in [0.15, 0.2) is 30.6 Å². The maximum Gasteiger partial charge on any atom is 0.278 e. The van der Waals surface area contributed by atoms with Crippen molar-refractivity contribution in [1.82, 2.24) is 9.97 Å². The van der Waals surface area contributed by atoms with E-state index < -0.39 is 0 Å². The van der Waals surface area contributed by atoms with Gasteiger partial charge in [0.25, 0.3) is 5.91 Å². The highest BCUT2D eigenvalue weighted by Gasteiger charge is 2.24. The molecule has 102 valence electrons. The zero-order valence-electron chi connectivity index (χ0n) is 11.3. The molecule has 1 amide bonds. The van der Waals surface area contributed by atoms with Gasteiger partial charge < -0.3 is 10.6 Å². The summed E-state index contributed by atoms with van der Waals surface area (Å²) in [6.45, 7) is 2.55. The Kier molecular flexibility index (Phi) is 3.10. The Morgan fingerprint density at radius 1 is 1.30 bits per heavy atom. The molecule has 0 aliphatic carbocycles. The number of amides is 1. The van der Waals surface area contributed by atoms with Crippen LogP contribution in [0.5, 0.6) is 0 Å². The van der Waals surface area contributed by atoms with Gasteiger partial charge in [0.05, 0.1) is 11.9 Å². The number of anilines is 2. The molecule has 0 unspecified atom stereocenters. The Hall–Kier alpha value is -2.43. The predicted molar refractivity (Wildman–Crippen MR) is 77.6 cm³/mol. The van der Waals surface area contributed by atoms with E-state index in [1.807, 2.05) is 25.1 Å². The smallest absolute Gasteiger partial charge is 0.278 e. The first-order valence-corrected chi connectivity index (χ1v) is 6.64. The van der Waals surface area contributed by atoms with Crippen LogP contribution in [0.4, 0.5) is 11.4 Å². The molecule has 0 fully saturated rings. The van der Waals surface area contributed by atoms with E-state index in [1.165, 1.54) is 6.20 Å². The second kappa shape index (κ2) is 4.92. The second-order valence-corrected chi connectivity index (χ2v) is 4.99. The van der Waals surface area contributed by atoms with E-state index in [-0.39, 0.29) is 5.91 Å². The second-order valence-electron chi connectivity index (χ2n) is 4.99. The summed E-state index contributed by atoms with van der Waals surface area (Å²) in [7, 11) is 0. The summed E-state index contributed by atoms with van der Waals surface area (Å²) in [4.78, 5) is 22.6. The van der Waals surface area contributed by atoms with E-state index in [4.69, 9.17) is 5.73 Å². The van der Waals surface area contributed by atoms with Gasteiger partial charge in [0, 0.05) is 24.1 Å². The van der Waals surface area contributed by atoms with E-state index >= 15 is 0 Å². The summed E-state index contributed by atoms with van der Waals surface area (Å²) < 4.78 is 0. The highest BCUT2D eigenvalue weighted by Crippen LogP contribution is 2.29. The molecule has 0 saturated heterocycles. The minimum Gasteiger partial charge on any atom is -0.399 e. The van der Waals surface area contributed by atoms with Gasteiger partial charge in [-0.25, -0.2) is 4.98 Å². The van der Waals surface area contributed by atoms with Gasteiger partial charge in [-0.2, -0.15) is 0 Å². The first-order chi connectivity index (χ1) is 9.65. The van der Waals surface area contributed by atoms with Crippen LogP contribution < -0.4 is 10.6 Å². The normalized spacial score (nSPS) is 13.9. The van der Waals surface area contributed by atoms with Crippen LogP contribution in [0.2, 0.25) is 0 Å². The van der Waals surface area contributed by atoms with Crippen LogP contribution in [0.3, 0.4) is 0 Å². The molecule has 3 rings (SSSR count). The lowest BCUT2D eigenvalue weighted by Gasteiger charge is -2.29. The fourth-order valence-corrected chi connectivity index (χ4v) is 2.47. The molecular weight excluding hydrogens is 252 g/mol. The SMILES string of the molecule is Cc1cnc(C(=O)N2CCCc3cc(N)ccc32)cn1. The first-order valence-electron chi connectivity index (χ1n) is 6.64. The number of rotatable bonds is 1. The van der Waals surface area contributed by atoms with Crippen LogP contribution in [0.1, 0.15) is 28.2 Å². The fraction of sp³-hybridized carbons (Fsp3) is 0.267. The molecule has 1 aliphatic rings. The number of hydrogen-bond acceptors (Lipinski definition) is 4. The topological polar surface area (TPSA) is 72.1 Å². The highest BCUT2D eigenvalue weighted by molar-refractivity contribution is 6.05. The van der Waals surface area contributed by atoms with E-state index in [0.717, 1.165) is 35.5 Å². The lowest BCUT2D eigenvalue weighted by atomic mass is 10.0.